The molecule has 38 heavy (non-hydrogen) atoms. The fraction of sp³-hybridized carbons (Fsp3) is 0.357. The van der Waals surface area contributed by atoms with E-state index >= 15 is 0 Å². The Morgan fingerprint density at radius 2 is 1.97 bits per heavy atom. The average Bonchev–Trinajstić information content (AvgIpc) is 3.56. The molecule has 3 amide bonds. The predicted octanol–water partition coefficient (Wildman–Crippen LogP) is 3.95. The monoisotopic (exact) mass is 519 g/mol. The van der Waals surface area contributed by atoms with E-state index in [1.54, 1.807) is 12.1 Å². The molecular formula is C28H27F2N5O3. The molecule has 2 N–H and O–H groups in total. The molecule has 1 unspecified atom stereocenters. The highest BCUT2D eigenvalue weighted by molar-refractivity contribution is 6.07. The van der Waals surface area contributed by atoms with Crippen molar-refractivity contribution in [2.45, 2.75) is 44.2 Å². The van der Waals surface area contributed by atoms with Gasteiger partial charge in [0.05, 0.1) is 17.0 Å². The molecule has 10 heteroatoms. The summed E-state index contributed by atoms with van der Waals surface area (Å²) in [6.07, 6.45) is 0.450. The number of nitrogens with one attached hydrogen (secondary N) is 2. The number of carbonyl (C=O) groups is 3. The first-order chi connectivity index (χ1) is 18.1. The lowest BCUT2D eigenvalue weighted by molar-refractivity contribution is -0.136. The highest BCUT2D eigenvalue weighted by Crippen LogP contribution is 2.46. The predicted molar refractivity (Wildman–Crippen MR) is 136 cm³/mol. The van der Waals surface area contributed by atoms with Gasteiger partial charge in [-0.3, -0.25) is 14.4 Å². The van der Waals surface area contributed by atoms with Crippen molar-refractivity contribution in [1.29, 1.82) is 5.26 Å². The molecule has 3 heterocycles. The molecule has 8 nitrogen and oxygen atoms in total. The Kier molecular flexibility index (Phi) is 6.18. The van der Waals surface area contributed by atoms with Gasteiger partial charge in [0.15, 0.2) is 0 Å². The van der Waals surface area contributed by atoms with Gasteiger partial charge in [-0.2, -0.15) is 5.26 Å². The second-order valence-electron chi connectivity index (χ2n) is 10.5. The minimum absolute atomic E-state index is 0.00683. The van der Waals surface area contributed by atoms with E-state index in [0.29, 0.717) is 12.1 Å². The number of aromatic nitrogens is 1. The van der Waals surface area contributed by atoms with Crippen LogP contribution in [0.25, 0.3) is 10.9 Å². The van der Waals surface area contributed by atoms with Crippen molar-refractivity contribution in [3.05, 3.63) is 65.4 Å². The summed E-state index contributed by atoms with van der Waals surface area (Å²) in [5.74, 6) is -2.86. The summed E-state index contributed by atoms with van der Waals surface area (Å²) in [4.78, 5) is 45.9. The molecular weight excluding hydrogens is 492 g/mol. The lowest BCUT2D eigenvalue weighted by Gasteiger charge is -2.33. The summed E-state index contributed by atoms with van der Waals surface area (Å²) in [5.41, 5.74) is 0.366. The minimum atomic E-state index is -1.05. The lowest BCUT2D eigenvalue weighted by Crippen LogP contribution is -2.52. The second kappa shape index (κ2) is 9.24. The molecule has 0 saturated carbocycles. The number of likely N-dealkylation sites (N-methyl/N-ethyl adjacent to an activating group) is 1. The molecule has 1 aromatic heterocycles. The van der Waals surface area contributed by atoms with E-state index in [0.717, 1.165) is 17.7 Å². The number of amides is 3. The Morgan fingerprint density at radius 1 is 1.24 bits per heavy atom. The summed E-state index contributed by atoms with van der Waals surface area (Å²) >= 11 is 0. The van der Waals surface area contributed by atoms with Crippen LogP contribution in [0.1, 0.15) is 42.7 Å². The summed E-state index contributed by atoms with van der Waals surface area (Å²) < 4.78 is 27.9. The highest BCUT2D eigenvalue weighted by Gasteiger charge is 2.56. The molecule has 1 fully saturated rings. The minimum Gasteiger partial charge on any atom is -0.348 e. The summed E-state index contributed by atoms with van der Waals surface area (Å²) in [5, 5.41) is 13.0. The third-order valence-electron chi connectivity index (χ3n) is 7.56. The van der Waals surface area contributed by atoms with Crippen LogP contribution in [-0.2, 0) is 15.0 Å². The number of anilines is 1. The molecule has 2 aliphatic heterocycles. The van der Waals surface area contributed by atoms with Crippen molar-refractivity contribution >= 4 is 34.3 Å². The summed E-state index contributed by atoms with van der Waals surface area (Å²) in [7, 11) is 1.47. The first-order valence-electron chi connectivity index (χ1n) is 12.4. The number of halogens is 2. The van der Waals surface area contributed by atoms with E-state index < -0.39 is 40.9 Å². The number of likely N-dealkylation sites (tertiary alicyclic amines) is 1. The molecule has 5 rings (SSSR count). The topological polar surface area (TPSA) is 109 Å². The smallest absolute Gasteiger partial charge is 0.270 e. The van der Waals surface area contributed by atoms with Crippen molar-refractivity contribution in [3.63, 3.8) is 0 Å². The van der Waals surface area contributed by atoms with Gasteiger partial charge in [-0.25, -0.2) is 8.78 Å². The number of para-hydroxylation sites is 1. The third-order valence-corrected chi connectivity index (χ3v) is 7.56. The first kappa shape index (κ1) is 25.4. The molecule has 3 atom stereocenters. The Morgan fingerprint density at radius 3 is 2.68 bits per heavy atom. The van der Waals surface area contributed by atoms with Gasteiger partial charge in [0, 0.05) is 37.2 Å². The van der Waals surface area contributed by atoms with E-state index in [9.17, 15) is 28.4 Å². The van der Waals surface area contributed by atoms with E-state index in [1.807, 2.05) is 26.0 Å². The molecule has 2 aliphatic rings. The number of H-pyrrole nitrogens is 1. The largest absolute Gasteiger partial charge is 0.348 e. The van der Waals surface area contributed by atoms with Crippen molar-refractivity contribution in [1.82, 2.24) is 14.8 Å². The molecule has 0 bridgehead atoms. The van der Waals surface area contributed by atoms with Crippen LogP contribution in [0.3, 0.4) is 0 Å². The van der Waals surface area contributed by atoms with E-state index in [4.69, 9.17) is 0 Å². The number of nitriles is 1. The fourth-order valence-electron chi connectivity index (χ4n) is 5.66. The number of carbonyl (C=O) groups excluding carboxylic acids is 3. The van der Waals surface area contributed by atoms with Gasteiger partial charge in [-0.15, -0.1) is 0 Å². The number of benzene rings is 2. The Balaban J connectivity index is 1.46. The molecule has 2 aromatic carbocycles. The molecule has 1 saturated heterocycles. The van der Waals surface area contributed by atoms with Crippen molar-refractivity contribution in [2.24, 2.45) is 5.92 Å². The lowest BCUT2D eigenvalue weighted by atomic mass is 9.80. The van der Waals surface area contributed by atoms with E-state index in [2.05, 4.69) is 16.4 Å². The van der Waals surface area contributed by atoms with Gasteiger partial charge in [0.2, 0.25) is 11.8 Å². The Hall–Kier alpha value is -4.26. The normalized spacial score (nSPS) is 21.0. The van der Waals surface area contributed by atoms with Crippen molar-refractivity contribution in [3.8, 4) is 6.07 Å². The number of fused-ring (bicyclic) bond motifs is 3. The molecule has 3 aromatic rings. The van der Waals surface area contributed by atoms with Crippen LogP contribution in [0.4, 0.5) is 14.5 Å². The van der Waals surface area contributed by atoms with E-state index in [1.165, 1.54) is 22.9 Å². The average molecular weight is 520 g/mol. The van der Waals surface area contributed by atoms with Gasteiger partial charge in [-0.05, 0) is 36.1 Å². The zero-order valence-electron chi connectivity index (χ0n) is 21.2. The maximum atomic E-state index is 14.2. The standard InChI is InChI=1S/C28H27F2N5O3/c1-15(2)8-23(34(3)25(36)22-10-16-9-17(29)11-20(30)24(16)32-22)26(37)35-14-28(12-18(35)13-31)19-6-4-5-7-21(19)33-27(28)38/h4-7,9-11,15,18,23,32H,8,12,14H2,1-3H3,(H,33,38)/t18?,23-,28-/m0/s1. The van der Waals surface area contributed by atoms with E-state index in [-0.39, 0.29) is 41.4 Å². The van der Waals surface area contributed by atoms with Gasteiger partial charge in [0.25, 0.3) is 5.91 Å². The zero-order valence-corrected chi connectivity index (χ0v) is 21.2. The quantitative estimate of drug-likeness (QED) is 0.532. The van der Waals surface area contributed by atoms with Crippen LogP contribution in [0, 0.1) is 28.9 Å². The van der Waals surface area contributed by atoms with Crippen LogP contribution in [-0.4, -0.2) is 58.2 Å². The molecule has 196 valence electrons. The number of nitrogens with zero attached hydrogens (tertiary/aromatic N) is 3. The fourth-order valence-corrected chi connectivity index (χ4v) is 5.66. The summed E-state index contributed by atoms with van der Waals surface area (Å²) in [6, 6.07) is 10.8. The maximum absolute atomic E-state index is 14.2. The Labute approximate surface area is 218 Å². The SMILES string of the molecule is CC(C)C[C@@H](C(=O)N1C[C@]2(CC1C#N)C(=O)Nc1ccccc12)N(C)C(=O)c1cc2cc(F)cc(F)c2[nH]1. The molecule has 0 radical (unpaired) electrons. The second-order valence-corrected chi connectivity index (χ2v) is 10.5. The van der Waals surface area contributed by atoms with Crippen LogP contribution in [0.2, 0.25) is 0 Å². The maximum Gasteiger partial charge on any atom is 0.270 e. The van der Waals surface area contributed by atoms with Gasteiger partial charge < -0.3 is 20.1 Å². The van der Waals surface area contributed by atoms with Gasteiger partial charge in [-0.1, -0.05) is 32.0 Å². The zero-order chi connectivity index (χ0) is 27.4. The van der Waals surface area contributed by atoms with Crippen LogP contribution >= 0.6 is 0 Å². The molecule has 0 aliphatic carbocycles. The van der Waals surface area contributed by atoms with Crippen LogP contribution in [0.5, 0.6) is 0 Å². The number of hydrogen-bond acceptors (Lipinski definition) is 4. The number of hydrogen-bond donors (Lipinski definition) is 2. The van der Waals surface area contributed by atoms with Gasteiger partial charge in [0.1, 0.15) is 29.4 Å². The Bertz CT molecular complexity index is 1510. The molecule has 1 spiro atoms. The van der Waals surface area contributed by atoms with Crippen molar-refractivity contribution < 1.29 is 23.2 Å². The van der Waals surface area contributed by atoms with Crippen LogP contribution < -0.4 is 5.32 Å². The number of aromatic amines is 1. The van der Waals surface area contributed by atoms with Crippen LogP contribution in [0.15, 0.2) is 42.5 Å². The third kappa shape index (κ3) is 3.99. The van der Waals surface area contributed by atoms with Gasteiger partial charge >= 0.3 is 0 Å². The first-order valence-corrected chi connectivity index (χ1v) is 12.4. The van der Waals surface area contributed by atoms with Crippen molar-refractivity contribution in [2.75, 3.05) is 18.9 Å². The highest BCUT2D eigenvalue weighted by atomic mass is 19.1. The summed E-state index contributed by atoms with van der Waals surface area (Å²) in [6.45, 7) is 3.83. The number of rotatable bonds is 5.